The predicted octanol–water partition coefficient (Wildman–Crippen LogP) is 4.42. The average Bonchev–Trinajstić information content (AvgIpc) is 2.91. The molecule has 2 aromatic rings. The minimum Gasteiger partial charge on any atom is -0.497 e. The number of ether oxygens (including phenoxy) is 2. The van der Waals surface area contributed by atoms with Crippen LogP contribution in [0.4, 0.5) is 0 Å². The van der Waals surface area contributed by atoms with Crippen LogP contribution in [0.15, 0.2) is 34.1 Å². The molecule has 1 unspecified atom stereocenters. The predicted molar refractivity (Wildman–Crippen MR) is 91.7 cm³/mol. The fourth-order valence-electron chi connectivity index (χ4n) is 2.24. The number of halogens is 1. The second-order valence-corrected chi connectivity index (χ2v) is 6.51. The molecule has 1 aromatic carbocycles. The van der Waals surface area contributed by atoms with Gasteiger partial charge in [0.1, 0.15) is 11.5 Å². The largest absolute Gasteiger partial charge is 0.497 e. The minimum atomic E-state index is 0.231. The van der Waals surface area contributed by atoms with Gasteiger partial charge in [-0.15, -0.1) is 11.3 Å². The SMILES string of the molecule is CCNC(Cc1sccc1Br)c1cc(OC)cc(OC)c1. The number of nitrogens with one attached hydrogen (secondary N) is 1. The summed E-state index contributed by atoms with van der Waals surface area (Å²) in [5, 5.41) is 5.65. The lowest BCUT2D eigenvalue weighted by molar-refractivity contribution is 0.391. The van der Waals surface area contributed by atoms with Gasteiger partial charge in [-0.2, -0.15) is 0 Å². The molecule has 0 fully saturated rings. The molecule has 21 heavy (non-hydrogen) atoms. The minimum absolute atomic E-state index is 0.231. The van der Waals surface area contributed by atoms with Gasteiger partial charge in [0.25, 0.3) is 0 Å². The second kappa shape index (κ2) is 7.82. The van der Waals surface area contributed by atoms with Crippen LogP contribution in [0.1, 0.15) is 23.4 Å². The van der Waals surface area contributed by atoms with Crippen LogP contribution in [0.25, 0.3) is 0 Å². The molecule has 0 aliphatic rings. The van der Waals surface area contributed by atoms with Crippen molar-refractivity contribution >= 4 is 27.3 Å². The molecule has 2 rings (SSSR count). The Hall–Kier alpha value is -1.04. The summed E-state index contributed by atoms with van der Waals surface area (Å²) in [6.07, 6.45) is 0.933. The van der Waals surface area contributed by atoms with Crippen LogP contribution < -0.4 is 14.8 Å². The summed E-state index contributed by atoms with van der Waals surface area (Å²) in [5.74, 6) is 1.63. The summed E-state index contributed by atoms with van der Waals surface area (Å²) in [5.41, 5.74) is 1.17. The smallest absolute Gasteiger partial charge is 0.122 e. The van der Waals surface area contributed by atoms with Gasteiger partial charge < -0.3 is 14.8 Å². The van der Waals surface area contributed by atoms with Crippen molar-refractivity contribution in [3.8, 4) is 11.5 Å². The standard InChI is InChI=1S/C16H20BrNO2S/c1-4-18-15(10-16-14(17)5-6-21-16)11-7-12(19-2)9-13(8-11)20-3/h5-9,15,18H,4,10H2,1-3H3. The van der Waals surface area contributed by atoms with E-state index in [4.69, 9.17) is 9.47 Å². The van der Waals surface area contributed by atoms with E-state index in [1.807, 2.05) is 6.07 Å². The van der Waals surface area contributed by atoms with Gasteiger partial charge in [-0.3, -0.25) is 0 Å². The zero-order chi connectivity index (χ0) is 15.2. The first kappa shape index (κ1) is 16.3. The topological polar surface area (TPSA) is 30.5 Å². The van der Waals surface area contributed by atoms with Gasteiger partial charge in [-0.25, -0.2) is 0 Å². The number of thiophene rings is 1. The number of methoxy groups -OCH3 is 2. The van der Waals surface area contributed by atoms with E-state index in [0.29, 0.717) is 0 Å². The third-order valence-corrected chi connectivity index (χ3v) is 5.26. The highest BCUT2D eigenvalue weighted by atomic mass is 79.9. The Morgan fingerprint density at radius 3 is 2.33 bits per heavy atom. The van der Waals surface area contributed by atoms with Crippen LogP contribution in [0, 0.1) is 0 Å². The Morgan fingerprint density at radius 2 is 1.86 bits per heavy atom. The molecular weight excluding hydrogens is 350 g/mol. The van der Waals surface area contributed by atoms with E-state index in [2.05, 4.69) is 51.7 Å². The van der Waals surface area contributed by atoms with Gasteiger partial charge in [0.05, 0.1) is 14.2 Å². The third-order valence-electron chi connectivity index (χ3n) is 3.31. The van der Waals surface area contributed by atoms with Gasteiger partial charge in [0, 0.05) is 27.9 Å². The maximum atomic E-state index is 5.37. The zero-order valence-corrected chi connectivity index (χ0v) is 14.9. The van der Waals surface area contributed by atoms with E-state index < -0.39 is 0 Å². The van der Waals surface area contributed by atoms with Crippen molar-refractivity contribution in [2.24, 2.45) is 0 Å². The molecule has 5 heteroatoms. The van der Waals surface area contributed by atoms with Gasteiger partial charge >= 0.3 is 0 Å². The Morgan fingerprint density at radius 1 is 1.19 bits per heavy atom. The summed E-state index contributed by atoms with van der Waals surface area (Å²) in [4.78, 5) is 1.34. The van der Waals surface area contributed by atoms with Gasteiger partial charge in [-0.05, 0) is 51.6 Å². The fourth-order valence-corrected chi connectivity index (χ4v) is 3.80. The van der Waals surface area contributed by atoms with Crippen LogP contribution in [0.3, 0.4) is 0 Å². The monoisotopic (exact) mass is 369 g/mol. The lowest BCUT2D eigenvalue weighted by Gasteiger charge is -2.19. The molecule has 1 atom stereocenters. The summed E-state index contributed by atoms with van der Waals surface area (Å²) in [7, 11) is 3.35. The van der Waals surface area contributed by atoms with Crippen molar-refractivity contribution in [1.82, 2.24) is 5.32 Å². The number of rotatable bonds is 7. The molecule has 0 aliphatic heterocycles. The van der Waals surface area contributed by atoms with Crippen LogP contribution in [-0.4, -0.2) is 20.8 Å². The van der Waals surface area contributed by atoms with Crippen LogP contribution in [0.5, 0.6) is 11.5 Å². The highest BCUT2D eigenvalue weighted by Gasteiger charge is 2.16. The van der Waals surface area contributed by atoms with Crippen molar-refractivity contribution < 1.29 is 9.47 Å². The van der Waals surface area contributed by atoms with Crippen LogP contribution in [0.2, 0.25) is 0 Å². The van der Waals surface area contributed by atoms with Gasteiger partial charge in [0.2, 0.25) is 0 Å². The molecule has 0 amide bonds. The molecule has 0 saturated carbocycles. The average molecular weight is 370 g/mol. The first-order valence-corrected chi connectivity index (χ1v) is 8.53. The number of likely N-dealkylation sites (N-methyl/N-ethyl adjacent to an activating group) is 1. The first-order valence-electron chi connectivity index (χ1n) is 6.86. The van der Waals surface area contributed by atoms with E-state index >= 15 is 0 Å². The maximum absolute atomic E-state index is 5.37. The second-order valence-electron chi connectivity index (χ2n) is 4.65. The molecular formula is C16H20BrNO2S. The van der Waals surface area contributed by atoms with Crippen molar-refractivity contribution in [3.63, 3.8) is 0 Å². The molecule has 0 bridgehead atoms. The van der Waals surface area contributed by atoms with E-state index in [-0.39, 0.29) is 6.04 Å². The Kier molecular flexibility index (Phi) is 6.08. The van der Waals surface area contributed by atoms with Crippen molar-refractivity contribution in [2.45, 2.75) is 19.4 Å². The van der Waals surface area contributed by atoms with Crippen molar-refractivity contribution in [3.05, 3.63) is 44.6 Å². The molecule has 0 saturated heterocycles. The summed E-state index contributed by atoms with van der Waals surface area (Å²) >= 11 is 5.38. The Balaban J connectivity index is 2.30. The molecule has 1 aromatic heterocycles. The Bertz CT molecular complexity index is 563. The maximum Gasteiger partial charge on any atom is 0.122 e. The fraction of sp³-hybridized carbons (Fsp3) is 0.375. The van der Waals surface area contributed by atoms with E-state index in [0.717, 1.165) is 24.5 Å². The molecule has 3 nitrogen and oxygen atoms in total. The summed E-state index contributed by atoms with van der Waals surface area (Å²) in [6.45, 7) is 3.03. The van der Waals surface area contributed by atoms with E-state index in [1.165, 1.54) is 14.9 Å². The third kappa shape index (κ3) is 4.22. The molecule has 1 heterocycles. The van der Waals surface area contributed by atoms with Gasteiger partial charge in [-0.1, -0.05) is 6.92 Å². The molecule has 1 N–H and O–H groups in total. The molecule has 0 aliphatic carbocycles. The highest BCUT2D eigenvalue weighted by molar-refractivity contribution is 9.10. The number of hydrogen-bond donors (Lipinski definition) is 1. The van der Waals surface area contributed by atoms with Crippen molar-refractivity contribution in [2.75, 3.05) is 20.8 Å². The number of benzene rings is 1. The number of hydrogen-bond acceptors (Lipinski definition) is 4. The van der Waals surface area contributed by atoms with Gasteiger partial charge in [0.15, 0.2) is 0 Å². The molecule has 114 valence electrons. The summed E-state index contributed by atoms with van der Waals surface area (Å²) < 4.78 is 11.9. The Labute approximate surface area is 138 Å². The highest BCUT2D eigenvalue weighted by Crippen LogP contribution is 2.31. The van der Waals surface area contributed by atoms with Crippen LogP contribution in [-0.2, 0) is 6.42 Å². The van der Waals surface area contributed by atoms with E-state index in [9.17, 15) is 0 Å². The normalized spacial score (nSPS) is 12.2. The van der Waals surface area contributed by atoms with Crippen molar-refractivity contribution in [1.29, 1.82) is 0 Å². The molecule has 0 radical (unpaired) electrons. The van der Waals surface area contributed by atoms with E-state index in [1.54, 1.807) is 25.6 Å². The lowest BCUT2D eigenvalue weighted by Crippen LogP contribution is -2.22. The quantitative estimate of drug-likeness (QED) is 0.783. The first-order chi connectivity index (χ1) is 10.2. The summed E-state index contributed by atoms with van der Waals surface area (Å²) in [6, 6.07) is 8.35. The molecule has 0 spiro atoms. The lowest BCUT2D eigenvalue weighted by atomic mass is 10.0. The van der Waals surface area contributed by atoms with Crippen LogP contribution >= 0.6 is 27.3 Å². The zero-order valence-electron chi connectivity index (χ0n) is 12.5.